The van der Waals surface area contributed by atoms with Crippen LogP contribution in [0.3, 0.4) is 0 Å². The molecule has 3 N–H and O–H groups in total. The van der Waals surface area contributed by atoms with E-state index in [-0.39, 0.29) is 36.6 Å². The number of benzene rings is 1. The van der Waals surface area contributed by atoms with Gasteiger partial charge in [-0.25, -0.2) is 0 Å². The summed E-state index contributed by atoms with van der Waals surface area (Å²) >= 11 is 0. The summed E-state index contributed by atoms with van der Waals surface area (Å²) in [6.45, 7) is 0.113. The van der Waals surface area contributed by atoms with Crippen molar-refractivity contribution in [2.75, 3.05) is 6.61 Å². The molecule has 1 amide bonds. The second-order valence-electron chi connectivity index (χ2n) is 4.54. The molecule has 0 heterocycles. The van der Waals surface area contributed by atoms with Crippen LogP contribution in [-0.2, 0) is 11.2 Å². The van der Waals surface area contributed by atoms with Gasteiger partial charge in [0, 0.05) is 24.1 Å². The van der Waals surface area contributed by atoms with E-state index in [1.807, 2.05) is 12.2 Å². The summed E-state index contributed by atoms with van der Waals surface area (Å²) in [6.07, 6.45) is 4.73. The molecule has 0 fully saturated rings. The van der Waals surface area contributed by atoms with E-state index in [9.17, 15) is 9.90 Å². The smallest absolute Gasteiger partial charge is 0.225 e. The lowest BCUT2D eigenvalue weighted by atomic mass is 10.1. The molecular weight excluding hydrogens is 230 g/mol. The molecule has 0 aromatic heterocycles. The first-order valence-electron chi connectivity index (χ1n) is 6.04. The van der Waals surface area contributed by atoms with Crippen LogP contribution in [0.5, 0.6) is 5.75 Å². The normalized spacial score (nSPS) is 22.1. The van der Waals surface area contributed by atoms with Crippen molar-refractivity contribution in [1.82, 2.24) is 5.32 Å². The van der Waals surface area contributed by atoms with Crippen molar-refractivity contribution < 1.29 is 15.0 Å². The quantitative estimate of drug-likeness (QED) is 0.695. The van der Waals surface area contributed by atoms with Gasteiger partial charge in [-0.05, 0) is 12.5 Å². The molecule has 0 spiro atoms. The van der Waals surface area contributed by atoms with Crippen molar-refractivity contribution in [3.05, 3.63) is 42.0 Å². The maximum Gasteiger partial charge on any atom is 0.225 e. The number of aromatic hydroxyl groups is 1. The van der Waals surface area contributed by atoms with E-state index in [0.717, 1.165) is 6.42 Å². The van der Waals surface area contributed by atoms with Crippen molar-refractivity contribution in [2.45, 2.75) is 18.9 Å². The highest BCUT2D eigenvalue weighted by atomic mass is 16.3. The third-order valence-electron chi connectivity index (χ3n) is 3.10. The lowest BCUT2D eigenvalue weighted by Gasteiger charge is -2.13. The number of amides is 1. The lowest BCUT2D eigenvalue weighted by Crippen LogP contribution is -2.34. The number of carbonyl (C=O) groups excluding carboxylic acids is 1. The van der Waals surface area contributed by atoms with Gasteiger partial charge in [0.1, 0.15) is 5.75 Å². The van der Waals surface area contributed by atoms with Crippen LogP contribution in [0.2, 0.25) is 0 Å². The fourth-order valence-corrected chi connectivity index (χ4v) is 2.11. The molecule has 1 aromatic carbocycles. The van der Waals surface area contributed by atoms with E-state index in [1.54, 1.807) is 24.3 Å². The van der Waals surface area contributed by atoms with Gasteiger partial charge in [-0.1, -0.05) is 30.4 Å². The highest BCUT2D eigenvalue weighted by Crippen LogP contribution is 2.18. The van der Waals surface area contributed by atoms with Crippen LogP contribution in [0.15, 0.2) is 36.4 Å². The molecule has 1 aliphatic carbocycles. The first-order chi connectivity index (χ1) is 8.69. The van der Waals surface area contributed by atoms with E-state index in [1.165, 1.54) is 0 Å². The van der Waals surface area contributed by atoms with Gasteiger partial charge in [-0.2, -0.15) is 0 Å². The zero-order valence-corrected chi connectivity index (χ0v) is 10.0. The van der Waals surface area contributed by atoms with Gasteiger partial charge in [-0.15, -0.1) is 0 Å². The number of hydrogen-bond donors (Lipinski definition) is 3. The average Bonchev–Trinajstić information content (AvgIpc) is 2.80. The topological polar surface area (TPSA) is 69.6 Å². The number of aliphatic hydroxyl groups excluding tert-OH is 1. The molecule has 1 aliphatic rings. The predicted molar refractivity (Wildman–Crippen MR) is 68.1 cm³/mol. The zero-order chi connectivity index (χ0) is 13.0. The molecule has 0 saturated heterocycles. The molecule has 0 radical (unpaired) electrons. The lowest BCUT2D eigenvalue weighted by molar-refractivity contribution is -0.120. The van der Waals surface area contributed by atoms with Crippen LogP contribution in [0.25, 0.3) is 0 Å². The van der Waals surface area contributed by atoms with E-state index in [4.69, 9.17) is 5.11 Å². The SMILES string of the molecule is O=C(Cc1ccccc1O)N[C@@H]1C=C[C@H](CO)C1. The molecule has 18 heavy (non-hydrogen) atoms. The van der Waals surface area contributed by atoms with Gasteiger partial charge in [0.25, 0.3) is 0 Å². The highest BCUT2D eigenvalue weighted by molar-refractivity contribution is 5.79. The third-order valence-corrected chi connectivity index (χ3v) is 3.10. The summed E-state index contributed by atoms with van der Waals surface area (Å²) in [5.41, 5.74) is 0.621. The van der Waals surface area contributed by atoms with Crippen LogP contribution >= 0.6 is 0 Å². The number of rotatable bonds is 4. The molecular formula is C14H17NO3. The second-order valence-corrected chi connectivity index (χ2v) is 4.54. The van der Waals surface area contributed by atoms with Crippen LogP contribution in [0, 0.1) is 5.92 Å². The molecule has 1 aromatic rings. The summed E-state index contributed by atoms with van der Waals surface area (Å²) in [5.74, 6) is 0.160. The number of para-hydroxylation sites is 1. The van der Waals surface area contributed by atoms with Crippen molar-refractivity contribution >= 4 is 5.91 Å². The summed E-state index contributed by atoms with van der Waals surface area (Å²) in [7, 11) is 0. The Morgan fingerprint density at radius 2 is 2.11 bits per heavy atom. The Morgan fingerprint density at radius 1 is 1.33 bits per heavy atom. The van der Waals surface area contributed by atoms with Crippen molar-refractivity contribution in [2.24, 2.45) is 5.92 Å². The minimum Gasteiger partial charge on any atom is -0.508 e. The first kappa shape index (κ1) is 12.6. The number of phenols is 1. The Kier molecular flexibility index (Phi) is 3.99. The Hall–Kier alpha value is -1.81. The molecule has 0 aliphatic heterocycles. The van der Waals surface area contributed by atoms with E-state index >= 15 is 0 Å². The Balaban J connectivity index is 1.87. The number of nitrogens with one attached hydrogen (secondary N) is 1. The molecule has 0 saturated carbocycles. The van der Waals surface area contributed by atoms with Crippen molar-refractivity contribution in [1.29, 1.82) is 0 Å². The van der Waals surface area contributed by atoms with Crippen molar-refractivity contribution in [3.63, 3.8) is 0 Å². The summed E-state index contributed by atoms with van der Waals surface area (Å²) in [5, 5.41) is 21.4. The standard InChI is InChI=1S/C14H17NO3/c16-9-10-5-6-12(7-10)15-14(18)8-11-3-1-2-4-13(11)17/h1-6,10,12,16-17H,7-9H2,(H,15,18)/t10-,12+/m0/s1. The molecule has 0 unspecified atom stereocenters. The van der Waals surface area contributed by atoms with Crippen LogP contribution in [0.4, 0.5) is 0 Å². The molecule has 96 valence electrons. The zero-order valence-electron chi connectivity index (χ0n) is 10.0. The molecule has 2 atom stereocenters. The number of aliphatic hydroxyl groups is 1. The number of hydrogen-bond acceptors (Lipinski definition) is 3. The van der Waals surface area contributed by atoms with E-state index < -0.39 is 0 Å². The molecule has 4 nitrogen and oxygen atoms in total. The average molecular weight is 247 g/mol. The summed E-state index contributed by atoms with van der Waals surface area (Å²) in [6, 6.07) is 6.80. The van der Waals surface area contributed by atoms with Crippen molar-refractivity contribution in [3.8, 4) is 5.75 Å². The maximum atomic E-state index is 11.8. The largest absolute Gasteiger partial charge is 0.508 e. The minimum atomic E-state index is -0.121. The van der Waals surface area contributed by atoms with Gasteiger partial charge in [0.15, 0.2) is 0 Å². The third kappa shape index (κ3) is 3.11. The Morgan fingerprint density at radius 3 is 2.78 bits per heavy atom. The van der Waals surface area contributed by atoms with Gasteiger partial charge in [0.2, 0.25) is 5.91 Å². The van der Waals surface area contributed by atoms with Gasteiger partial charge < -0.3 is 15.5 Å². The fourth-order valence-electron chi connectivity index (χ4n) is 2.11. The van der Waals surface area contributed by atoms with Gasteiger partial charge in [-0.3, -0.25) is 4.79 Å². The minimum absolute atomic E-state index is 0.0134. The summed E-state index contributed by atoms with van der Waals surface area (Å²) < 4.78 is 0. The second kappa shape index (κ2) is 5.69. The monoisotopic (exact) mass is 247 g/mol. The predicted octanol–water partition coefficient (Wildman–Crippen LogP) is 0.988. The van der Waals surface area contributed by atoms with Crippen LogP contribution < -0.4 is 5.32 Å². The van der Waals surface area contributed by atoms with E-state index in [0.29, 0.717) is 5.56 Å². The van der Waals surface area contributed by atoms with Gasteiger partial charge in [0.05, 0.1) is 6.42 Å². The fraction of sp³-hybridized carbons (Fsp3) is 0.357. The number of phenolic OH excluding ortho intramolecular Hbond substituents is 1. The Bertz CT molecular complexity index is 456. The Labute approximate surface area is 106 Å². The number of carbonyl (C=O) groups is 1. The highest BCUT2D eigenvalue weighted by Gasteiger charge is 2.19. The molecule has 2 rings (SSSR count). The van der Waals surface area contributed by atoms with Gasteiger partial charge >= 0.3 is 0 Å². The maximum absolute atomic E-state index is 11.8. The van der Waals surface area contributed by atoms with E-state index in [2.05, 4.69) is 5.32 Å². The molecule has 0 bridgehead atoms. The van der Waals surface area contributed by atoms with Crippen LogP contribution in [-0.4, -0.2) is 28.8 Å². The van der Waals surface area contributed by atoms with Crippen LogP contribution in [0.1, 0.15) is 12.0 Å². The summed E-state index contributed by atoms with van der Waals surface area (Å²) in [4.78, 5) is 11.8. The first-order valence-corrected chi connectivity index (χ1v) is 6.04. The molecule has 4 heteroatoms.